The maximum atomic E-state index is 9.88. The topological polar surface area (TPSA) is 58.1 Å². The summed E-state index contributed by atoms with van der Waals surface area (Å²) < 4.78 is 5.05. The Kier molecular flexibility index (Phi) is 4.73. The van der Waals surface area contributed by atoms with Crippen molar-refractivity contribution >= 4 is 12.4 Å². The Bertz CT molecular complexity index is 770. The van der Waals surface area contributed by atoms with Crippen LogP contribution in [0.25, 0.3) is 22.6 Å². The third-order valence-corrected chi connectivity index (χ3v) is 3.38. The van der Waals surface area contributed by atoms with Crippen molar-refractivity contribution in [3.05, 3.63) is 54.2 Å². The molecule has 0 amide bonds. The molecule has 0 aliphatic heterocycles. The van der Waals surface area contributed by atoms with Crippen molar-refractivity contribution in [3.63, 3.8) is 0 Å². The quantitative estimate of drug-likeness (QED) is 0.761. The average Bonchev–Trinajstić information content (AvgIpc) is 2.90. The number of halogens is 1. The highest BCUT2D eigenvalue weighted by molar-refractivity contribution is 5.85. The summed E-state index contributed by atoms with van der Waals surface area (Å²) in [6.07, 6.45) is 0. The molecule has 2 aromatic carbocycles. The maximum Gasteiger partial charge on any atom is 0.160 e. The van der Waals surface area contributed by atoms with E-state index < -0.39 is 0 Å². The third kappa shape index (κ3) is 2.92. The minimum Gasteiger partial charge on any atom is -0.504 e. The molecule has 0 fully saturated rings. The van der Waals surface area contributed by atoms with E-state index >= 15 is 0 Å². The highest BCUT2D eigenvalue weighted by atomic mass is 35.5. The predicted molar refractivity (Wildman–Crippen MR) is 89.7 cm³/mol. The number of phenols is 1. The van der Waals surface area contributed by atoms with Crippen LogP contribution in [0.3, 0.4) is 0 Å². The maximum absolute atomic E-state index is 9.88. The SMILES string of the molecule is COc1ccc(-c2nc(-c3ccccc3)c(C)[nH]2)cc1O.Cl. The molecular formula is C17H17ClN2O2. The second-order valence-corrected chi connectivity index (χ2v) is 4.81. The minimum atomic E-state index is 0. The lowest BCUT2D eigenvalue weighted by Gasteiger charge is -2.04. The summed E-state index contributed by atoms with van der Waals surface area (Å²) in [5.74, 6) is 1.28. The van der Waals surface area contributed by atoms with Gasteiger partial charge in [-0.25, -0.2) is 4.98 Å². The van der Waals surface area contributed by atoms with Gasteiger partial charge in [-0.15, -0.1) is 12.4 Å². The Hall–Kier alpha value is -2.46. The number of nitrogens with zero attached hydrogens (tertiary/aromatic N) is 1. The lowest BCUT2D eigenvalue weighted by molar-refractivity contribution is 0.373. The molecule has 5 heteroatoms. The Labute approximate surface area is 135 Å². The summed E-state index contributed by atoms with van der Waals surface area (Å²) in [6, 6.07) is 15.2. The summed E-state index contributed by atoms with van der Waals surface area (Å²) in [5.41, 5.74) is 3.79. The highest BCUT2D eigenvalue weighted by Crippen LogP contribution is 2.32. The molecule has 0 aliphatic rings. The fraction of sp³-hybridized carbons (Fsp3) is 0.118. The first-order chi connectivity index (χ1) is 10.2. The number of imidazole rings is 1. The Balaban J connectivity index is 0.00000176. The standard InChI is InChI=1S/C17H16N2O2.ClH/c1-11-16(12-6-4-3-5-7-12)19-17(18-11)13-8-9-15(21-2)14(20)10-13;/h3-10,20H,1-2H3,(H,18,19);1H. The van der Waals surface area contributed by atoms with E-state index in [0.29, 0.717) is 5.75 Å². The lowest BCUT2D eigenvalue weighted by Crippen LogP contribution is -1.86. The fourth-order valence-corrected chi connectivity index (χ4v) is 2.31. The predicted octanol–water partition coefficient (Wildman–Crippen LogP) is 4.19. The molecule has 1 aromatic heterocycles. The zero-order chi connectivity index (χ0) is 14.8. The van der Waals surface area contributed by atoms with Crippen LogP contribution in [0.5, 0.6) is 11.5 Å². The number of hydrogen-bond donors (Lipinski definition) is 2. The lowest BCUT2D eigenvalue weighted by atomic mass is 10.1. The molecule has 0 atom stereocenters. The Morgan fingerprint density at radius 1 is 1.05 bits per heavy atom. The van der Waals surface area contributed by atoms with Crippen molar-refractivity contribution in [1.82, 2.24) is 9.97 Å². The summed E-state index contributed by atoms with van der Waals surface area (Å²) >= 11 is 0. The number of aromatic nitrogens is 2. The molecule has 0 radical (unpaired) electrons. The van der Waals surface area contributed by atoms with E-state index in [1.54, 1.807) is 12.1 Å². The zero-order valence-corrected chi connectivity index (χ0v) is 13.1. The number of benzene rings is 2. The van der Waals surface area contributed by atoms with E-state index in [0.717, 1.165) is 28.3 Å². The fourth-order valence-electron chi connectivity index (χ4n) is 2.31. The van der Waals surface area contributed by atoms with Gasteiger partial charge in [-0.05, 0) is 25.1 Å². The minimum absolute atomic E-state index is 0. The van der Waals surface area contributed by atoms with Crippen LogP contribution < -0.4 is 4.74 Å². The van der Waals surface area contributed by atoms with Crippen molar-refractivity contribution < 1.29 is 9.84 Å². The van der Waals surface area contributed by atoms with Crippen molar-refractivity contribution in [1.29, 1.82) is 0 Å². The first kappa shape index (κ1) is 15.9. The summed E-state index contributed by atoms with van der Waals surface area (Å²) in [7, 11) is 1.53. The number of methoxy groups -OCH3 is 1. The smallest absolute Gasteiger partial charge is 0.160 e. The van der Waals surface area contributed by atoms with E-state index in [2.05, 4.69) is 9.97 Å². The number of ether oxygens (including phenoxy) is 1. The van der Waals surface area contributed by atoms with E-state index in [4.69, 9.17) is 4.74 Å². The molecule has 22 heavy (non-hydrogen) atoms. The van der Waals surface area contributed by atoms with Gasteiger partial charge in [-0.3, -0.25) is 0 Å². The van der Waals surface area contributed by atoms with E-state index in [9.17, 15) is 5.11 Å². The molecule has 0 unspecified atom stereocenters. The van der Waals surface area contributed by atoms with Crippen LogP contribution in [-0.2, 0) is 0 Å². The van der Waals surface area contributed by atoms with Crippen LogP contribution in [0.2, 0.25) is 0 Å². The first-order valence-electron chi connectivity index (χ1n) is 6.68. The zero-order valence-electron chi connectivity index (χ0n) is 12.3. The number of aromatic hydroxyl groups is 1. The average molecular weight is 317 g/mol. The van der Waals surface area contributed by atoms with Crippen LogP contribution in [-0.4, -0.2) is 22.2 Å². The molecule has 3 rings (SSSR count). The van der Waals surface area contributed by atoms with Crippen LogP contribution in [0.1, 0.15) is 5.69 Å². The third-order valence-electron chi connectivity index (χ3n) is 3.38. The molecule has 0 saturated carbocycles. The van der Waals surface area contributed by atoms with E-state index in [-0.39, 0.29) is 18.2 Å². The molecule has 0 aliphatic carbocycles. The van der Waals surface area contributed by atoms with Gasteiger partial charge in [0.15, 0.2) is 11.5 Å². The molecule has 2 N–H and O–H groups in total. The molecule has 4 nitrogen and oxygen atoms in total. The molecule has 1 heterocycles. The van der Waals surface area contributed by atoms with Gasteiger partial charge >= 0.3 is 0 Å². The van der Waals surface area contributed by atoms with Crippen LogP contribution in [0.15, 0.2) is 48.5 Å². The van der Waals surface area contributed by atoms with Gasteiger partial charge in [-0.2, -0.15) is 0 Å². The van der Waals surface area contributed by atoms with Gasteiger partial charge in [0, 0.05) is 16.8 Å². The first-order valence-corrected chi connectivity index (χ1v) is 6.68. The monoisotopic (exact) mass is 316 g/mol. The number of rotatable bonds is 3. The van der Waals surface area contributed by atoms with Crippen molar-refractivity contribution in [2.24, 2.45) is 0 Å². The molecular weight excluding hydrogens is 300 g/mol. The molecule has 0 bridgehead atoms. The number of aryl methyl sites for hydroxylation is 1. The molecule has 0 spiro atoms. The Morgan fingerprint density at radius 2 is 1.77 bits per heavy atom. The normalized spacial score (nSPS) is 10.1. The van der Waals surface area contributed by atoms with E-state index in [1.165, 1.54) is 7.11 Å². The molecule has 0 saturated heterocycles. The van der Waals surface area contributed by atoms with Gasteiger partial charge < -0.3 is 14.8 Å². The van der Waals surface area contributed by atoms with Crippen LogP contribution in [0.4, 0.5) is 0 Å². The van der Waals surface area contributed by atoms with Gasteiger partial charge in [-0.1, -0.05) is 30.3 Å². The highest BCUT2D eigenvalue weighted by Gasteiger charge is 2.12. The molecule has 3 aromatic rings. The number of phenolic OH excluding ortho intramolecular Hbond substituents is 1. The second-order valence-electron chi connectivity index (χ2n) is 4.81. The summed E-state index contributed by atoms with van der Waals surface area (Å²) in [5, 5.41) is 9.88. The van der Waals surface area contributed by atoms with Gasteiger partial charge in [0.2, 0.25) is 0 Å². The van der Waals surface area contributed by atoms with Crippen LogP contribution in [0, 0.1) is 6.92 Å². The summed E-state index contributed by atoms with van der Waals surface area (Å²) in [4.78, 5) is 7.90. The van der Waals surface area contributed by atoms with Gasteiger partial charge in [0.05, 0.1) is 12.8 Å². The number of nitrogens with one attached hydrogen (secondary N) is 1. The van der Waals surface area contributed by atoms with Gasteiger partial charge in [0.1, 0.15) is 5.82 Å². The second kappa shape index (κ2) is 6.54. The van der Waals surface area contributed by atoms with Crippen molar-refractivity contribution in [2.45, 2.75) is 6.92 Å². The summed E-state index contributed by atoms with van der Waals surface area (Å²) in [6.45, 7) is 1.99. The number of aromatic amines is 1. The molecule has 114 valence electrons. The van der Waals surface area contributed by atoms with Gasteiger partial charge in [0.25, 0.3) is 0 Å². The van der Waals surface area contributed by atoms with Crippen LogP contribution >= 0.6 is 12.4 Å². The Morgan fingerprint density at radius 3 is 2.41 bits per heavy atom. The number of hydrogen-bond acceptors (Lipinski definition) is 3. The van der Waals surface area contributed by atoms with Crippen molar-refractivity contribution in [2.75, 3.05) is 7.11 Å². The number of H-pyrrole nitrogens is 1. The van der Waals surface area contributed by atoms with Crippen molar-refractivity contribution in [3.8, 4) is 34.1 Å². The largest absolute Gasteiger partial charge is 0.504 e. The van der Waals surface area contributed by atoms with E-state index in [1.807, 2.05) is 43.3 Å².